The predicted octanol–water partition coefficient (Wildman–Crippen LogP) is 3.94. The normalized spacial score (nSPS) is 17.1. The average molecular weight is 412 g/mol. The third-order valence-electron chi connectivity index (χ3n) is 6.90. The number of aryl methyl sites for hydroxylation is 2. The molecule has 1 N–H and O–H groups in total. The average Bonchev–Trinajstić information content (AvgIpc) is 3.40. The standard InChI is InChI=1S/C25H25N5O/c1-4-22(31)30-14-25(15-30)9-10-29(13-25)21-8-6-17(3)23(18(21)11-26)24-16(2)5-7-20-19(24)12-27-28-20/h4-8,12H,1,9-10,13-15H2,2-3H3,(H,27,28). The highest BCUT2D eigenvalue weighted by Crippen LogP contribution is 2.44. The van der Waals surface area contributed by atoms with Gasteiger partial charge < -0.3 is 9.80 Å². The van der Waals surface area contributed by atoms with E-state index in [1.165, 1.54) is 6.08 Å². The van der Waals surface area contributed by atoms with Gasteiger partial charge in [-0.05, 0) is 55.2 Å². The summed E-state index contributed by atoms with van der Waals surface area (Å²) in [6.07, 6.45) is 4.26. The highest BCUT2D eigenvalue weighted by Gasteiger charge is 2.49. The SMILES string of the molecule is C=CC(=O)N1CC2(CCN(c3ccc(C)c(-c4c(C)ccc5[nH]ncc45)c3C#N)C2)C1. The minimum absolute atomic E-state index is 0.00286. The fraction of sp³-hybridized carbons (Fsp3) is 0.320. The van der Waals surface area contributed by atoms with Crippen LogP contribution in [-0.2, 0) is 4.79 Å². The highest BCUT2D eigenvalue weighted by atomic mass is 16.2. The van der Waals surface area contributed by atoms with Gasteiger partial charge in [-0.1, -0.05) is 18.7 Å². The third kappa shape index (κ3) is 2.92. The van der Waals surface area contributed by atoms with Crippen LogP contribution in [0.1, 0.15) is 23.1 Å². The van der Waals surface area contributed by atoms with Crippen LogP contribution in [0.5, 0.6) is 0 Å². The second-order valence-electron chi connectivity index (χ2n) is 8.92. The summed E-state index contributed by atoms with van der Waals surface area (Å²) in [6, 6.07) is 10.8. The van der Waals surface area contributed by atoms with Gasteiger partial charge in [0.05, 0.1) is 23.0 Å². The number of benzene rings is 2. The first kappa shape index (κ1) is 19.4. The van der Waals surface area contributed by atoms with Crippen LogP contribution >= 0.6 is 0 Å². The molecule has 6 nitrogen and oxygen atoms in total. The Bertz CT molecular complexity index is 1260. The van der Waals surface area contributed by atoms with Crippen molar-refractivity contribution in [2.24, 2.45) is 5.41 Å². The molecule has 0 unspecified atom stereocenters. The van der Waals surface area contributed by atoms with E-state index in [1.54, 1.807) is 0 Å². The van der Waals surface area contributed by atoms with Crippen molar-refractivity contribution in [3.8, 4) is 17.2 Å². The number of fused-ring (bicyclic) bond motifs is 1. The van der Waals surface area contributed by atoms with Gasteiger partial charge in [0.25, 0.3) is 0 Å². The molecule has 1 spiro atoms. The summed E-state index contributed by atoms with van der Waals surface area (Å²) in [5.41, 5.74) is 7.05. The van der Waals surface area contributed by atoms with Crippen LogP contribution in [0.4, 0.5) is 5.69 Å². The minimum Gasteiger partial charge on any atom is -0.370 e. The Morgan fingerprint density at radius 1 is 1.19 bits per heavy atom. The largest absolute Gasteiger partial charge is 0.370 e. The zero-order chi connectivity index (χ0) is 21.8. The molecule has 3 aromatic rings. The Hall–Kier alpha value is -3.59. The van der Waals surface area contributed by atoms with Crippen molar-refractivity contribution in [2.45, 2.75) is 20.3 Å². The van der Waals surface area contributed by atoms with E-state index in [9.17, 15) is 10.1 Å². The Labute approximate surface area is 181 Å². The molecule has 3 heterocycles. The summed E-state index contributed by atoms with van der Waals surface area (Å²) in [4.78, 5) is 16.1. The van der Waals surface area contributed by atoms with Crippen LogP contribution < -0.4 is 4.90 Å². The van der Waals surface area contributed by atoms with Gasteiger partial charge in [0, 0.05) is 42.5 Å². The van der Waals surface area contributed by atoms with Crippen LogP contribution in [0.25, 0.3) is 22.0 Å². The van der Waals surface area contributed by atoms with Crippen molar-refractivity contribution in [3.63, 3.8) is 0 Å². The molecule has 6 heteroatoms. The monoisotopic (exact) mass is 411 g/mol. The molecule has 0 aliphatic carbocycles. The molecule has 2 fully saturated rings. The maximum Gasteiger partial charge on any atom is 0.245 e. The number of nitrogens with zero attached hydrogens (tertiary/aromatic N) is 4. The van der Waals surface area contributed by atoms with Gasteiger partial charge in [0.15, 0.2) is 0 Å². The molecular formula is C25H25N5O. The van der Waals surface area contributed by atoms with E-state index in [1.807, 2.05) is 17.2 Å². The number of nitriles is 1. The van der Waals surface area contributed by atoms with Crippen molar-refractivity contribution in [1.29, 1.82) is 5.26 Å². The van der Waals surface area contributed by atoms with Crippen LogP contribution in [0.15, 0.2) is 43.1 Å². The highest BCUT2D eigenvalue weighted by molar-refractivity contribution is 5.99. The molecule has 0 saturated carbocycles. The van der Waals surface area contributed by atoms with Crippen molar-refractivity contribution in [1.82, 2.24) is 15.1 Å². The van der Waals surface area contributed by atoms with Gasteiger partial charge in [-0.3, -0.25) is 9.89 Å². The smallest absolute Gasteiger partial charge is 0.245 e. The Balaban J connectivity index is 1.55. The van der Waals surface area contributed by atoms with E-state index in [2.05, 4.69) is 59.8 Å². The Morgan fingerprint density at radius 3 is 2.68 bits per heavy atom. The topological polar surface area (TPSA) is 76.0 Å². The van der Waals surface area contributed by atoms with Crippen molar-refractivity contribution in [3.05, 3.63) is 59.8 Å². The van der Waals surface area contributed by atoms with Crippen LogP contribution in [0.3, 0.4) is 0 Å². The Morgan fingerprint density at radius 2 is 1.94 bits per heavy atom. The fourth-order valence-corrected chi connectivity index (χ4v) is 5.30. The molecule has 31 heavy (non-hydrogen) atoms. The number of hydrogen-bond acceptors (Lipinski definition) is 4. The van der Waals surface area contributed by atoms with Crippen LogP contribution in [-0.4, -0.2) is 47.2 Å². The molecular weight excluding hydrogens is 386 g/mol. The number of amides is 1. The van der Waals surface area contributed by atoms with Gasteiger partial charge >= 0.3 is 0 Å². The van der Waals surface area contributed by atoms with E-state index in [-0.39, 0.29) is 11.3 Å². The molecule has 0 radical (unpaired) electrons. The molecule has 2 aliphatic rings. The lowest BCUT2D eigenvalue weighted by Gasteiger charge is -2.47. The predicted molar refractivity (Wildman–Crippen MR) is 122 cm³/mol. The Kier molecular flexibility index (Phi) is 4.37. The van der Waals surface area contributed by atoms with Gasteiger partial charge in [-0.15, -0.1) is 0 Å². The summed E-state index contributed by atoms with van der Waals surface area (Å²) in [6.45, 7) is 11.0. The molecule has 156 valence electrons. The number of H-pyrrole nitrogens is 1. The zero-order valence-electron chi connectivity index (χ0n) is 17.9. The first-order valence-electron chi connectivity index (χ1n) is 10.6. The van der Waals surface area contributed by atoms with E-state index in [0.29, 0.717) is 5.56 Å². The molecule has 2 aromatic carbocycles. The summed E-state index contributed by atoms with van der Waals surface area (Å²) < 4.78 is 0. The number of rotatable bonds is 3. The fourth-order valence-electron chi connectivity index (χ4n) is 5.30. The second-order valence-corrected chi connectivity index (χ2v) is 8.92. The zero-order valence-corrected chi connectivity index (χ0v) is 17.9. The number of aromatic nitrogens is 2. The van der Waals surface area contributed by atoms with E-state index in [4.69, 9.17) is 0 Å². The molecule has 5 rings (SSSR count). The van der Waals surface area contributed by atoms with Gasteiger partial charge in [-0.2, -0.15) is 10.4 Å². The summed E-state index contributed by atoms with van der Waals surface area (Å²) in [5, 5.41) is 18.5. The van der Waals surface area contributed by atoms with Crippen LogP contribution in [0.2, 0.25) is 0 Å². The van der Waals surface area contributed by atoms with E-state index < -0.39 is 0 Å². The lowest BCUT2D eigenvalue weighted by Crippen LogP contribution is -2.59. The number of nitrogens with one attached hydrogen (secondary N) is 1. The number of likely N-dealkylation sites (tertiary alicyclic amines) is 1. The first-order valence-corrected chi connectivity index (χ1v) is 10.6. The van der Waals surface area contributed by atoms with E-state index >= 15 is 0 Å². The molecule has 0 atom stereocenters. The number of aromatic amines is 1. The lowest BCUT2D eigenvalue weighted by molar-refractivity contribution is -0.136. The molecule has 2 aliphatic heterocycles. The summed E-state index contributed by atoms with van der Waals surface area (Å²) in [7, 11) is 0. The number of hydrogen-bond donors (Lipinski definition) is 1. The van der Waals surface area contributed by atoms with E-state index in [0.717, 1.165) is 71.4 Å². The first-order chi connectivity index (χ1) is 15.0. The molecule has 2 saturated heterocycles. The molecule has 1 amide bonds. The maximum absolute atomic E-state index is 11.9. The summed E-state index contributed by atoms with van der Waals surface area (Å²) >= 11 is 0. The van der Waals surface area contributed by atoms with Gasteiger partial charge in [-0.25, -0.2) is 0 Å². The summed E-state index contributed by atoms with van der Waals surface area (Å²) in [5.74, 6) is 0.00286. The number of carbonyl (C=O) groups excluding carboxylic acids is 1. The minimum atomic E-state index is 0.00286. The maximum atomic E-state index is 11.9. The third-order valence-corrected chi connectivity index (χ3v) is 6.90. The van der Waals surface area contributed by atoms with Crippen molar-refractivity contribution < 1.29 is 4.79 Å². The lowest BCUT2D eigenvalue weighted by atomic mass is 9.79. The number of anilines is 1. The van der Waals surface area contributed by atoms with Gasteiger partial charge in [0.2, 0.25) is 5.91 Å². The van der Waals surface area contributed by atoms with Crippen molar-refractivity contribution in [2.75, 3.05) is 31.1 Å². The molecule has 0 bridgehead atoms. The molecule has 1 aromatic heterocycles. The van der Waals surface area contributed by atoms with Crippen molar-refractivity contribution >= 4 is 22.5 Å². The second kappa shape index (κ2) is 6.98. The number of carbonyl (C=O) groups is 1. The van der Waals surface area contributed by atoms with Crippen LogP contribution in [0, 0.1) is 30.6 Å². The van der Waals surface area contributed by atoms with Gasteiger partial charge in [0.1, 0.15) is 6.07 Å². The quantitative estimate of drug-likeness (QED) is 0.663.